The van der Waals surface area contributed by atoms with Gasteiger partial charge in [0.05, 0.1) is 0 Å². The number of rotatable bonds is 4. The van der Waals surface area contributed by atoms with Crippen LogP contribution in [0.25, 0.3) is 0 Å². The predicted molar refractivity (Wildman–Crippen MR) is 114 cm³/mol. The molecular weight excluding hydrogens is 314 g/mol. The van der Waals surface area contributed by atoms with Crippen molar-refractivity contribution in [2.45, 2.75) is 46.0 Å². The Kier molecular flexibility index (Phi) is 5.18. The molecule has 1 nitrogen and oxygen atoms in total. The first-order valence-corrected chi connectivity index (χ1v) is 9.43. The molecule has 0 heterocycles. The van der Waals surface area contributed by atoms with E-state index in [1.165, 1.54) is 28.2 Å². The van der Waals surface area contributed by atoms with Crippen LogP contribution in [-0.4, -0.2) is 0 Å². The molecule has 3 aromatic carbocycles. The van der Waals surface area contributed by atoms with Crippen molar-refractivity contribution < 1.29 is 0 Å². The zero-order chi connectivity index (χ0) is 18.7. The normalized spacial score (nSPS) is 11.6. The van der Waals surface area contributed by atoms with Crippen molar-refractivity contribution in [3.05, 3.63) is 90.0 Å². The summed E-state index contributed by atoms with van der Waals surface area (Å²) in [7, 11) is 0. The fraction of sp³-hybridized carbons (Fsp3) is 0.280. The van der Waals surface area contributed by atoms with Crippen LogP contribution in [0.1, 0.15) is 51.7 Å². The van der Waals surface area contributed by atoms with Crippen LogP contribution in [0.5, 0.6) is 0 Å². The maximum Gasteiger partial charge on any atom is 0.0499 e. The van der Waals surface area contributed by atoms with Gasteiger partial charge in [-0.05, 0) is 46.7 Å². The summed E-state index contributed by atoms with van der Waals surface area (Å²) < 4.78 is 0. The minimum atomic E-state index is 0.0659. The maximum absolute atomic E-state index is 2.41. The number of hydrogen-bond acceptors (Lipinski definition) is 1. The second-order valence-electron chi connectivity index (χ2n) is 8.15. The minimum absolute atomic E-state index is 0.0659. The van der Waals surface area contributed by atoms with E-state index in [0.29, 0.717) is 5.92 Å². The molecule has 26 heavy (non-hydrogen) atoms. The molecule has 0 aliphatic carbocycles. The standard InChI is InChI=1S/C25H29N/c1-19(2)21-15-9-11-17-23(21)26(20-13-7-6-8-14-20)24-18-12-10-16-22(24)25(3,4)5/h6-19H,1-5H3. The van der Waals surface area contributed by atoms with Gasteiger partial charge in [0.15, 0.2) is 0 Å². The molecule has 0 aliphatic rings. The van der Waals surface area contributed by atoms with Gasteiger partial charge in [-0.1, -0.05) is 89.2 Å². The lowest BCUT2D eigenvalue weighted by atomic mass is 9.85. The third-order valence-corrected chi connectivity index (χ3v) is 4.77. The van der Waals surface area contributed by atoms with Crippen LogP contribution in [-0.2, 0) is 5.41 Å². The Hall–Kier alpha value is -2.54. The van der Waals surface area contributed by atoms with Gasteiger partial charge in [0.2, 0.25) is 0 Å². The lowest BCUT2D eigenvalue weighted by Crippen LogP contribution is -2.20. The number of para-hydroxylation sites is 3. The van der Waals surface area contributed by atoms with Gasteiger partial charge < -0.3 is 4.90 Å². The van der Waals surface area contributed by atoms with E-state index in [4.69, 9.17) is 0 Å². The van der Waals surface area contributed by atoms with E-state index >= 15 is 0 Å². The van der Waals surface area contributed by atoms with E-state index in [1.54, 1.807) is 0 Å². The van der Waals surface area contributed by atoms with E-state index in [9.17, 15) is 0 Å². The largest absolute Gasteiger partial charge is 0.310 e. The fourth-order valence-corrected chi connectivity index (χ4v) is 3.47. The quantitative estimate of drug-likeness (QED) is 0.472. The molecule has 0 aromatic heterocycles. The third kappa shape index (κ3) is 3.67. The highest BCUT2D eigenvalue weighted by atomic mass is 15.1. The van der Waals surface area contributed by atoms with Crippen LogP contribution in [0.4, 0.5) is 17.1 Å². The Labute approximate surface area is 158 Å². The van der Waals surface area contributed by atoms with Gasteiger partial charge >= 0.3 is 0 Å². The highest BCUT2D eigenvalue weighted by Crippen LogP contribution is 2.43. The zero-order valence-corrected chi connectivity index (χ0v) is 16.5. The van der Waals surface area contributed by atoms with Crippen molar-refractivity contribution in [2.75, 3.05) is 4.90 Å². The van der Waals surface area contributed by atoms with Gasteiger partial charge in [-0.15, -0.1) is 0 Å². The molecule has 0 saturated heterocycles. The molecule has 0 N–H and O–H groups in total. The first-order valence-electron chi connectivity index (χ1n) is 9.43. The molecular formula is C25H29N. The minimum Gasteiger partial charge on any atom is -0.310 e. The highest BCUT2D eigenvalue weighted by molar-refractivity contribution is 5.81. The first kappa shape index (κ1) is 18.3. The SMILES string of the molecule is CC(C)c1ccccc1N(c1ccccc1)c1ccccc1C(C)(C)C. The van der Waals surface area contributed by atoms with Gasteiger partial charge in [-0.3, -0.25) is 0 Å². The predicted octanol–water partition coefficient (Wildman–Crippen LogP) is 7.58. The summed E-state index contributed by atoms with van der Waals surface area (Å²) in [5, 5.41) is 0. The summed E-state index contributed by atoms with van der Waals surface area (Å²) in [5.41, 5.74) is 6.47. The molecule has 0 spiro atoms. The smallest absolute Gasteiger partial charge is 0.0499 e. The summed E-state index contributed by atoms with van der Waals surface area (Å²) in [6, 6.07) is 28.2. The van der Waals surface area contributed by atoms with Crippen molar-refractivity contribution in [2.24, 2.45) is 0 Å². The molecule has 0 bridgehead atoms. The molecule has 3 aromatic rings. The Morgan fingerprint density at radius 1 is 0.654 bits per heavy atom. The van der Waals surface area contributed by atoms with Crippen molar-refractivity contribution in [1.29, 1.82) is 0 Å². The van der Waals surface area contributed by atoms with Gasteiger partial charge in [-0.25, -0.2) is 0 Å². The van der Waals surface area contributed by atoms with Crippen LogP contribution in [0, 0.1) is 0 Å². The van der Waals surface area contributed by atoms with Crippen molar-refractivity contribution in [3.63, 3.8) is 0 Å². The maximum atomic E-state index is 2.41. The molecule has 0 radical (unpaired) electrons. The van der Waals surface area contributed by atoms with E-state index in [2.05, 4.69) is 118 Å². The fourth-order valence-electron chi connectivity index (χ4n) is 3.47. The van der Waals surface area contributed by atoms with Crippen molar-refractivity contribution in [1.82, 2.24) is 0 Å². The molecule has 0 atom stereocenters. The second-order valence-corrected chi connectivity index (χ2v) is 8.15. The molecule has 0 saturated carbocycles. The summed E-state index contributed by atoms with van der Waals surface area (Å²) in [5.74, 6) is 0.458. The second kappa shape index (κ2) is 7.37. The van der Waals surface area contributed by atoms with E-state index < -0.39 is 0 Å². The number of hydrogen-bond donors (Lipinski definition) is 0. The topological polar surface area (TPSA) is 3.24 Å². The summed E-state index contributed by atoms with van der Waals surface area (Å²) in [4.78, 5) is 2.41. The molecule has 0 amide bonds. The molecule has 134 valence electrons. The lowest BCUT2D eigenvalue weighted by molar-refractivity contribution is 0.591. The van der Waals surface area contributed by atoms with Crippen LogP contribution >= 0.6 is 0 Å². The Morgan fingerprint density at radius 3 is 1.81 bits per heavy atom. The van der Waals surface area contributed by atoms with Gasteiger partial charge in [0, 0.05) is 17.1 Å². The average molecular weight is 344 g/mol. The van der Waals surface area contributed by atoms with Crippen LogP contribution in [0.15, 0.2) is 78.9 Å². The Balaban J connectivity index is 2.30. The molecule has 0 fully saturated rings. The Bertz CT molecular complexity index is 857. The van der Waals surface area contributed by atoms with Gasteiger partial charge in [-0.2, -0.15) is 0 Å². The van der Waals surface area contributed by atoms with Crippen LogP contribution in [0.2, 0.25) is 0 Å². The molecule has 0 aliphatic heterocycles. The first-order chi connectivity index (χ1) is 12.4. The zero-order valence-electron chi connectivity index (χ0n) is 16.5. The molecule has 0 unspecified atom stereocenters. The monoisotopic (exact) mass is 343 g/mol. The number of anilines is 3. The average Bonchev–Trinajstić information content (AvgIpc) is 2.63. The molecule has 1 heteroatoms. The summed E-state index contributed by atoms with van der Waals surface area (Å²) in [6.07, 6.45) is 0. The van der Waals surface area contributed by atoms with Gasteiger partial charge in [0.25, 0.3) is 0 Å². The highest BCUT2D eigenvalue weighted by Gasteiger charge is 2.24. The summed E-state index contributed by atoms with van der Waals surface area (Å²) in [6.45, 7) is 11.4. The van der Waals surface area contributed by atoms with Crippen LogP contribution < -0.4 is 4.90 Å². The third-order valence-electron chi connectivity index (χ3n) is 4.77. The number of nitrogens with zero attached hydrogens (tertiary/aromatic N) is 1. The van der Waals surface area contributed by atoms with E-state index in [0.717, 1.165) is 0 Å². The van der Waals surface area contributed by atoms with E-state index in [-0.39, 0.29) is 5.41 Å². The van der Waals surface area contributed by atoms with Crippen molar-refractivity contribution >= 4 is 17.1 Å². The molecule has 3 rings (SSSR count). The lowest BCUT2D eigenvalue weighted by Gasteiger charge is -2.33. The van der Waals surface area contributed by atoms with E-state index in [1.807, 2.05) is 0 Å². The Morgan fingerprint density at radius 2 is 1.19 bits per heavy atom. The number of benzene rings is 3. The van der Waals surface area contributed by atoms with Gasteiger partial charge in [0.1, 0.15) is 0 Å². The van der Waals surface area contributed by atoms with Crippen molar-refractivity contribution in [3.8, 4) is 0 Å². The van der Waals surface area contributed by atoms with Crippen LogP contribution in [0.3, 0.4) is 0 Å². The summed E-state index contributed by atoms with van der Waals surface area (Å²) >= 11 is 0.